The highest BCUT2D eigenvalue weighted by Crippen LogP contribution is 2.27. The number of thioether (sulfide) groups is 1. The Morgan fingerprint density at radius 3 is 2.89 bits per heavy atom. The van der Waals surface area contributed by atoms with Crippen molar-refractivity contribution in [1.82, 2.24) is 10.1 Å². The molecule has 0 saturated carbocycles. The zero-order valence-corrected chi connectivity index (χ0v) is 11.1. The van der Waals surface area contributed by atoms with Gasteiger partial charge in [0.05, 0.1) is 11.4 Å². The molecule has 0 fully saturated rings. The van der Waals surface area contributed by atoms with Gasteiger partial charge in [-0.2, -0.15) is 16.7 Å². The summed E-state index contributed by atoms with van der Waals surface area (Å²) >= 11 is 1.75. The highest BCUT2D eigenvalue weighted by molar-refractivity contribution is 7.99. The van der Waals surface area contributed by atoms with Crippen LogP contribution in [0.3, 0.4) is 0 Å². The summed E-state index contributed by atoms with van der Waals surface area (Å²) in [5.41, 5.74) is 6.62. The summed E-state index contributed by atoms with van der Waals surface area (Å²) in [6.07, 6.45) is 0. The number of phenols is 1. The number of nitrogens with two attached hydrogens (primary N) is 1. The minimum atomic E-state index is 0.0499. The number of benzene rings is 1. The van der Waals surface area contributed by atoms with E-state index in [1.165, 1.54) is 6.07 Å². The minimum absolute atomic E-state index is 0.0499. The van der Waals surface area contributed by atoms with Crippen molar-refractivity contribution < 1.29 is 9.63 Å². The van der Waals surface area contributed by atoms with E-state index in [4.69, 9.17) is 10.3 Å². The molecule has 0 bridgehead atoms. The first kappa shape index (κ1) is 12.8. The minimum Gasteiger partial charge on any atom is -0.506 e. The Morgan fingerprint density at radius 1 is 1.44 bits per heavy atom. The molecular formula is C12H15N3O2S. The number of aromatic nitrogens is 2. The van der Waals surface area contributed by atoms with Crippen LogP contribution >= 0.6 is 11.8 Å². The topological polar surface area (TPSA) is 85.2 Å². The van der Waals surface area contributed by atoms with E-state index in [0.29, 0.717) is 34.0 Å². The number of anilines is 1. The molecule has 0 aliphatic heterocycles. The van der Waals surface area contributed by atoms with Crippen molar-refractivity contribution in [2.24, 2.45) is 0 Å². The average molecular weight is 265 g/mol. The zero-order chi connectivity index (χ0) is 13.1. The molecule has 96 valence electrons. The van der Waals surface area contributed by atoms with Gasteiger partial charge in [-0.3, -0.25) is 0 Å². The lowest BCUT2D eigenvalue weighted by Crippen LogP contribution is -1.91. The van der Waals surface area contributed by atoms with E-state index < -0.39 is 0 Å². The van der Waals surface area contributed by atoms with Gasteiger partial charge in [0.15, 0.2) is 5.82 Å². The van der Waals surface area contributed by atoms with Gasteiger partial charge in [0, 0.05) is 5.56 Å². The van der Waals surface area contributed by atoms with Gasteiger partial charge in [0.2, 0.25) is 0 Å². The Hall–Kier alpha value is -1.69. The standard InChI is InChI=1S/C12H15N3O2S/c1-7(2)18-6-11-14-12(17-15-11)8-3-4-10(16)9(13)5-8/h3-5,7,16H,6,13H2,1-2H3. The molecule has 0 radical (unpaired) electrons. The Kier molecular flexibility index (Phi) is 3.76. The van der Waals surface area contributed by atoms with Crippen LogP contribution in [0.5, 0.6) is 5.75 Å². The number of nitrogen functional groups attached to an aromatic ring is 1. The predicted molar refractivity (Wildman–Crippen MR) is 72.2 cm³/mol. The second kappa shape index (κ2) is 5.30. The van der Waals surface area contributed by atoms with Gasteiger partial charge in [0.25, 0.3) is 5.89 Å². The molecule has 2 aromatic rings. The normalized spacial score (nSPS) is 11.1. The fourth-order valence-electron chi connectivity index (χ4n) is 1.36. The SMILES string of the molecule is CC(C)SCc1noc(-c2ccc(O)c(N)c2)n1. The number of aromatic hydroxyl groups is 1. The third-order valence-corrected chi connectivity index (χ3v) is 3.38. The molecule has 18 heavy (non-hydrogen) atoms. The van der Waals surface area contributed by atoms with E-state index in [-0.39, 0.29) is 5.75 Å². The first-order valence-electron chi connectivity index (χ1n) is 5.59. The van der Waals surface area contributed by atoms with Gasteiger partial charge >= 0.3 is 0 Å². The molecule has 0 spiro atoms. The molecule has 1 heterocycles. The molecule has 1 aromatic carbocycles. The summed E-state index contributed by atoms with van der Waals surface area (Å²) < 4.78 is 5.17. The van der Waals surface area contributed by atoms with Crippen LogP contribution in [0.1, 0.15) is 19.7 Å². The molecule has 0 aliphatic rings. The Morgan fingerprint density at radius 2 is 2.22 bits per heavy atom. The molecule has 5 nitrogen and oxygen atoms in total. The molecule has 0 amide bonds. The van der Waals surface area contributed by atoms with Crippen LogP contribution in [0.25, 0.3) is 11.5 Å². The third-order valence-electron chi connectivity index (χ3n) is 2.29. The molecule has 1 aromatic heterocycles. The number of rotatable bonds is 4. The predicted octanol–water partition coefficient (Wildman–Crippen LogP) is 2.67. The average Bonchev–Trinajstić information content (AvgIpc) is 2.79. The molecule has 0 atom stereocenters. The van der Waals surface area contributed by atoms with E-state index in [0.717, 1.165) is 0 Å². The summed E-state index contributed by atoms with van der Waals surface area (Å²) in [4.78, 5) is 4.29. The molecule has 6 heteroatoms. The zero-order valence-electron chi connectivity index (χ0n) is 10.3. The fraction of sp³-hybridized carbons (Fsp3) is 0.333. The highest BCUT2D eigenvalue weighted by atomic mass is 32.2. The third kappa shape index (κ3) is 2.95. The molecule has 3 N–H and O–H groups in total. The van der Waals surface area contributed by atoms with Crippen molar-refractivity contribution >= 4 is 17.4 Å². The van der Waals surface area contributed by atoms with Crippen LogP contribution in [0, 0.1) is 0 Å². The van der Waals surface area contributed by atoms with E-state index in [1.54, 1.807) is 23.9 Å². The quantitative estimate of drug-likeness (QED) is 0.653. The van der Waals surface area contributed by atoms with Crippen molar-refractivity contribution in [3.8, 4) is 17.2 Å². The maximum absolute atomic E-state index is 9.35. The maximum atomic E-state index is 9.35. The monoisotopic (exact) mass is 265 g/mol. The molecule has 2 rings (SSSR count). The lowest BCUT2D eigenvalue weighted by molar-refractivity contribution is 0.425. The van der Waals surface area contributed by atoms with Gasteiger partial charge < -0.3 is 15.4 Å². The van der Waals surface area contributed by atoms with Gasteiger partial charge in [-0.25, -0.2) is 0 Å². The van der Waals surface area contributed by atoms with Crippen LogP contribution in [-0.4, -0.2) is 20.5 Å². The summed E-state index contributed by atoms with van der Waals surface area (Å²) in [6.45, 7) is 4.23. The van der Waals surface area contributed by atoms with Gasteiger partial charge in [-0.1, -0.05) is 19.0 Å². The summed E-state index contributed by atoms with van der Waals surface area (Å²) in [5, 5.41) is 13.8. The summed E-state index contributed by atoms with van der Waals surface area (Å²) in [5.74, 6) is 1.85. The van der Waals surface area contributed by atoms with Crippen molar-refractivity contribution in [3.05, 3.63) is 24.0 Å². The molecule has 0 unspecified atom stereocenters. The van der Waals surface area contributed by atoms with Gasteiger partial charge in [-0.05, 0) is 23.4 Å². The second-order valence-electron chi connectivity index (χ2n) is 4.15. The van der Waals surface area contributed by atoms with E-state index in [9.17, 15) is 5.11 Å². The van der Waals surface area contributed by atoms with Crippen molar-refractivity contribution in [3.63, 3.8) is 0 Å². The summed E-state index contributed by atoms with van der Waals surface area (Å²) in [7, 11) is 0. The number of nitrogens with zero attached hydrogens (tertiary/aromatic N) is 2. The van der Waals surface area contributed by atoms with Crippen LogP contribution in [0.15, 0.2) is 22.7 Å². The van der Waals surface area contributed by atoms with Gasteiger partial charge in [-0.15, -0.1) is 0 Å². The lowest BCUT2D eigenvalue weighted by atomic mass is 10.2. The smallest absolute Gasteiger partial charge is 0.258 e. The van der Waals surface area contributed by atoms with E-state index in [1.807, 2.05) is 0 Å². The highest BCUT2D eigenvalue weighted by Gasteiger charge is 2.10. The number of hydrogen-bond donors (Lipinski definition) is 2. The number of phenolic OH excluding ortho intramolecular Hbond substituents is 1. The van der Waals surface area contributed by atoms with Crippen LogP contribution in [0.2, 0.25) is 0 Å². The summed E-state index contributed by atoms with van der Waals surface area (Å²) in [6, 6.07) is 4.82. The van der Waals surface area contributed by atoms with Crippen LogP contribution < -0.4 is 5.73 Å². The largest absolute Gasteiger partial charge is 0.506 e. The Labute approximate surface area is 109 Å². The number of hydrogen-bond acceptors (Lipinski definition) is 6. The van der Waals surface area contributed by atoms with Crippen LogP contribution in [-0.2, 0) is 5.75 Å². The second-order valence-corrected chi connectivity index (χ2v) is 5.71. The Balaban J connectivity index is 2.16. The van der Waals surface area contributed by atoms with Crippen molar-refractivity contribution in [2.75, 3.05) is 5.73 Å². The fourth-order valence-corrected chi connectivity index (χ4v) is 1.96. The first-order valence-corrected chi connectivity index (χ1v) is 6.64. The van der Waals surface area contributed by atoms with Crippen LogP contribution in [0.4, 0.5) is 5.69 Å². The maximum Gasteiger partial charge on any atom is 0.258 e. The molecule has 0 aliphatic carbocycles. The van der Waals surface area contributed by atoms with Crippen molar-refractivity contribution in [1.29, 1.82) is 0 Å². The van der Waals surface area contributed by atoms with Crippen molar-refractivity contribution in [2.45, 2.75) is 24.9 Å². The van der Waals surface area contributed by atoms with E-state index in [2.05, 4.69) is 24.0 Å². The van der Waals surface area contributed by atoms with E-state index >= 15 is 0 Å². The Bertz CT molecular complexity index is 540. The lowest BCUT2D eigenvalue weighted by Gasteiger charge is -2.00. The van der Waals surface area contributed by atoms with Gasteiger partial charge in [0.1, 0.15) is 5.75 Å². The first-order chi connectivity index (χ1) is 8.56. The molecular weight excluding hydrogens is 250 g/mol. The molecule has 0 saturated heterocycles.